The van der Waals surface area contributed by atoms with Crippen LogP contribution in [0.15, 0.2) is 6.07 Å². The first-order valence-corrected chi connectivity index (χ1v) is 11.1. The molecule has 3 N–H and O–H groups in total. The maximum atomic E-state index is 12.3. The van der Waals surface area contributed by atoms with Gasteiger partial charge < -0.3 is 25.6 Å². The summed E-state index contributed by atoms with van der Waals surface area (Å²) in [5, 5.41) is 7.08. The molecule has 2 aliphatic heterocycles. The van der Waals surface area contributed by atoms with Gasteiger partial charge in [0.2, 0.25) is 11.8 Å². The zero-order valence-electron chi connectivity index (χ0n) is 17.9. The molecule has 1 aromatic rings. The molecule has 1 aromatic heterocycles. The van der Waals surface area contributed by atoms with Crippen LogP contribution in [0.2, 0.25) is 0 Å². The summed E-state index contributed by atoms with van der Waals surface area (Å²) in [6.45, 7) is 7.27. The van der Waals surface area contributed by atoms with Gasteiger partial charge in [-0.25, -0.2) is 4.68 Å². The topological polar surface area (TPSA) is 106 Å². The maximum Gasteiger partial charge on any atom is 0.248 e. The van der Waals surface area contributed by atoms with Crippen molar-refractivity contribution in [3.63, 3.8) is 0 Å². The number of likely N-dealkylation sites (tertiary alicyclic amines) is 1. The molecule has 3 heterocycles. The van der Waals surface area contributed by atoms with Crippen molar-refractivity contribution < 1.29 is 14.3 Å². The SMILES string of the molecule is Cc1cc(N)n(CC(=O)NCC2CN(CC3CCN(CC4CC4)CC3)C(=O)CO2)n1. The highest BCUT2D eigenvalue weighted by atomic mass is 16.5. The number of rotatable bonds is 8. The Hall–Kier alpha value is -2.13. The second-order valence-electron chi connectivity index (χ2n) is 9.09. The highest BCUT2D eigenvalue weighted by Crippen LogP contribution is 2.31. The molecule has 2 saturated heterocycles. The van der Waals surface area contributed by atoms with Crippen LogP contribution in [0.4, 0.5) is 5.82 Å². The Balaban J connectivity index is 1.19. The molecule has 2 amide bonds. The van der Waals surface area contributed by atoms with Gasteiger partial charge in [-0.2, -0.15) is 5.10 Å². The van der Waals surface area contributed by atoms with Crippen molar-refractivity contribution in [3.8, 4) is 0 Å². The van der Waals surface area contributed by atoms with E-state index in [2.05, 4.69) is 15.3 Å². The predicted molar refractivity (Wildman–Crippen MR) is 113 cm³/mol. The quantitative estimate of drug-likeness (QED) is 0.627. The summed E-state index contributed by atoms with van der Waals surface area (Å²) in [6.07, 6.45) is 4.93. The first-order valence-electron chi connectivity index (χ1n) is 11.1. The van der Waals surface area contributed by atoms with Crippen LogP contribution < -0.4 is 11.1 Å². The van der Waals surface area contributed by atoms with Crippen LogP contribution in [-0.2, 0) is 20.9 Å². The normalized spacial score (nSPS) is 23.7. The molecule has 1 saturated carbocycles. The first-order chi connectivity index (χ1) is 14.5. The average molecular weight is 419 g/mol. The van der Waals surface area contributed by atoms with E-state index in [-0.39, 0.29) is 31.1 Å². The molecule has 1 unspecified atom stereocenters. The summed E-state index contributed by atoms with van der Waals surface area (Å²) >= 11 is 0. The fourth-order valence-electron chi connectivity index (χ4n) is 4.42. The fourth-order valence-corrected chi connectivity index (χ4v) is 4.42. The summed E-state index contributed by atoms with van der Waals surface area (Å²) in [7, 11) is 0. The van der Waals surface area contributed by atoms with Crippen LogP contribution in [0.3, 0.4) is 0 Å². The van der Waals surface area contributed by atoms with Gasteiger partial charge in [0.1, 0.15) is 19.0 Å². The number of nitrogen functional groups attached to an aromatic ring is 1. The van der Waals surface area contributed by atoms with Crippen LogP contribution in [0.5, 0.6) is 0 Å². The van der Waals surface area contributed by atoms with E-state index in [1.165, 1.54) is 24.1 Å². The number of carbonyl (C=O) groups excluding carboxylic acids is 2. The zero-order chi connectivity index (χ0) is 21.1. The van der Waals surface area contributed by atoms with Crippen LogP contribution in [0.25, 0.3) is 0 Å². The Morgan fingerprint density at radius 3 is 2.63 bits per heavy atom. The number of piperidine rings is 1. The van der Waals surface area contributed by atoms with Crippen LogP contribution in [0, 0.1) is 18.8 Å². The number of nitrogens with two attached hydrogens (primary N) is 1. The number of hydrogen-bond donors (Lipinski definition) is 2. The van der Waals surface area contributed by atoms with E-state index in [9.17, 15) is 9.59 Å². The highest BCUT2D eigenvalue weighted by molar-refractivity contribution is 5.78. The second kappa shape index (κ2) is 9.34. The molecule has 1 aliphatic carbocycles. The molecule has 3 fully saturated rings. The van der Waals surface area contributed by atoms with Crippen molar-refractivity contribution in [2.45, 2.75) is 45.3 Å². The maximum absolute atomic E-state index is 12.3. The lowest BCUT2D eigenvalue weighted by Crippen LogP contribution is -2.52. The van der Waals surface area contributed by atoms with Crippen molar-refractivity contribution >= 4 is 17.6 Å². The second-order valence-corrected chi connectivity index (χ2v) is 9.09. The molecule has 9 heteroatoms. The van der Waals surface area contributed by atoms with Crippen molar-refractivity contribution in [2.75, 3.05) is 51.6 Å². The van der Waals surface area contributed by atoms with Gasteiger partial charge in [-0.05, 0) is 57.5 Å². The number of aromatic nitrogens is 2. The molecule has 0 spiro atoms. The van der Waals surface area contributed by atoms with Crippen molar-refractivity contribution in [2.24, 2.45) is 11.8 Å². The lowest BCUT2D eigenvalue weighted by Gasteiger charge is -2.38. The lowest BCUT2D eigenvalue weighted by atomic mass is 9.95. The molecular formula is C21H34N6O3. The number of anilines is 1. The van der Waals surface area contributed by atoms with Gasteiger partial charge in [0.15, 0.2) is 0 Å². The van der Waals surface area contributed by atoms with E-state index in [0.717, 1.165) is 44.1 Å². The number of nitrogens with zero attached hydrogens (tertiary/aromatic N) is 4. The largest absolute Gasteiger partial charge is 0.384 e. The standard InChI is InChI=1S/C21H34N6O3/c1-15-8-19(22)27(24-15)13-20(28)23-9-18-12-26(21(29)14-30-18)11-17-4-6-25(7-5-17)10-16-2-3-16/h8,16-18H,2-7,9-14,22H2,1H3,(H,23,28). The Labute approximate surface area is 177 Å². The minimum atomic E-state index is -0.182. The number of ether oxygens (including phenoxy) is 1. The third-order valence-corrected chi connectivity index (χ3v) is 6.37. The first kappa shape index (κ1) is 21.1. The van der Waals surface area contributed by atoms with Gasteiger partial charge in [0.25, 0.3) is 0 Å². The molecule has 3 aliphatic rings. The lowest BCUT2D eigenvalue weighted by molar-refractivity contribution is -0.150. The molecule has 9 nitrogen and oxygen atoms in total. The van der Waals surface area contributed by atoms with Crippen molar-refractivity contribution in [1.82, 2.24) is 24.9 Å². The Bertz CT molecular complexity index is 754. The number of hydrogen-bond acceptors (Lipinski definition) is 6. The van der Waals surface area contributed by atoms with E-state index in [1.54, 1.807) is 6.07 Å². The van der Waals surface area contributed by atoms with E-state index in [0.29, 0.717) is 24.8 Å². The molecule has 0 radical (unpaired) electrons. The van der Waals surface area contributed by atoms with Gasteiger partial charge in [0.05, 0.1) is 11.8 Å². The van der Waals surface area contributed by atoms with Crippen molar-refractivity contribution in [1.29, 1.82) is 0 Å². The number of morpholine rings is 1. The Kier molecular flexibility index (Phi) is 6.58. The van der Waals surface area contributed by atoms with E-state index < -0.39 is 0 Å². The number of nitrogens with one attached hydrogen (secondary N) is 1. The number of carbonyl (C=O) groups is 2. The van der Waals surface area contributed by atoms with Crippen LogP contribution in [0.1, 0.15) is 31.4 Å². The van der Waals surface area contributed by atoms with Crippen LogP contribution >= 0.6 is 0 Å². The smallest absolute Gasteiger partial charge is 0.248 e. The zero-order valence-corrected chi connectivity index (χ0v) is 17.9. The third kappa shape index (κ3) is 5.72. The van der Waals surface area contributed by atoms with Gasteiger partial charge in [0, 0.05) is 32.2 Å². The summed E-state index contributed by atoms with van der Waals surface area (Å²) < 4.78 is 7.13. The molecule has 4 rings (SSSR count). The highest BCUT2D eigenvalue weighted by Gasteiger charge is 2.31. The Morgan fingerprint density at radius 2 is 1.97 bits per heavy atom. The van der Waals surface area contributed by atoms with Gasteiger partial charge >= 0.3 is 0 Å². The fraction of sp³-hybridized carbons (Fsp3) is 0.762. The minimum Gasteiger partial charge on any atom is -0.384 e. The molecular weight excluding hydrogens is 384 g/mol. The molecule has 166 valence electrons. The van der Waals surface area contributed by atoms with Gasteiger partial charge in [-0.1, -0.05) is 0 Å². The third-order valence-electron chi connectivity index (χ3n) is 6.37. The monoisotopic (exact) mass is 418 g/mol. The predicted octanol–water partition coefficient (Wildman–Crippen LogP) is 0.239. The van der Waals surface area contributed by atoms with E-state index in [4.69, 9.17) is 10.5 Å². The molecule has 30 heavy (non-hydrogen) atoms. The van der Waals surface area contributed by atoms with Crippen molar-refractivity contribution in [3.05, 3.63) is 11.8 Å². The summed E-state index contributed by atoms with van der Waals surface area (Å²) in [5.41, 5.74) is 6.62. The van der Waals surface area contributed by atoms with E-state index in [1.807, 2.05) is 11.8 Å². The summed E-state index contributed by atoms with van der Waals surface area (Å²) in [6, 6.07) is 1.73. The minimum absolute atomic E-state index is 0.0535. The van der Waals surface area contributed by atoms with Gasteiger partial charge in [-0.3, -0.25) is 9.59 Å². The molecule has 0 aromatic carbocycles. The van der Waals surface area contributed by atoms with E-state index >= 15 is 0 Å². The average Bonchev–Trinajstić information content (AvgIpc) is 3.47. The number of amides is 2. The molecule has 1 atom stereocenters. The van der Waals surface area contributed by atoms with Gasteiger partial charge in [-0.15, -0.1) is 0 Å². The number of aryl methyl sites for hydroxylation is 1. The summed E-state index contributed by atoms with van der Waals surface area (Å²) in [4.78, 5) is 29.1. The Morgan fingerprint density at radius 1 is 1.23 bits per heavy atom. The summed E-state index contributed by atoms with van der Waals surface area (Å²) in [5.74, 6) is 1.85. The molecule has 0 bridgehead atoms. The van der Waals surface area contributed by atoms with Crippen LogP contribution in [-0.4, -0.2) is 83.4 Å².